The number of fused-ring (bicyclic) bond motifs is 2. The predicted molar refractivity (Wildman–Crippen MR) is 134 cm³/mol. The number of para-hydroxylation sites is 2. The third-order valence-electron chi connectivity index (χ3n) is 6.68. The summed E-state index contributed by atoms with van der Waals surface area (Å²) in [5, 5.41) is 10.0. The highest BCUT2D eigenvalue weighted by Gasteiger charge is 2.28. The van der Waals surface area contributed by atoms with Crippen LogP contribution in [0.4, 0.5) is 0 Å². The lowest BCUT2D eigenvalue weighted by atomic mass is 9.90. The van der Waals surface area contributed by atoms with Crippen LogP contribution in [0.15, 0.2) is 60.8 Å². The first-order chi connectivity index (χ1) is 17.1. The number of aromatic nitrogens is 3. The van der Waals surface area contributed by atoms with E-state index >= 15 is 0 Å². The maximum atomic E-state index is 9.30. The number of nitrogens with two attached hydrogens (primary N) is 1. The van der Waals surface area contributed by atoms with Gasteiger partial charge in [-0.2, -0.15) is 0 Å². The van der Waals surface area contributed by atoms with Crippen molar-refractivity contribution in [2.45, 2.75) is 51.5 Å². The Morgan fingerprint density at radius 2 is 2.00 bits per heavy atom. The lowest BCUT2D eigenvalue weighted by Gasteiger charge is -2.35. The predicted octanol–water partition coefficient (Wildman–Crippen LogP) is 4.25. The topological polar surface area (TPSA) is 104 Å². The van der Waals surface area contributed by atoms with Crippen molar-refractivity contribution >= 4 is 11.0 Å². The van der Waals surface area contributed by atoms with Crippen molar-refractivity contribution in [2.75, 3.05) is 7.05 Å². The van der Waals surface area contributed by atoms with E-state index in [0.717, 1.165) is 59.0 Å². The van der Waals surface area contributed by atoms with Crippen LogP contribution in [0.3, 0.4) is 0 Å². The fraction of sp³-hybridized carbons (Fsp3) is 0.333. The van der Waals surface area contributed by atoms with Gasteiger partial charge in [-0.1, -0.05) is 41.6 Å². The second-order valence-electron chi connectivity index (χ2n) is 9.11. The van der Waals surface area contributed by atoms with Gasteiger partial charge in [-0.25, -0.2) is 4.98 Å². The van der Waals surface area contributed by atoms with Crippen molar-refractivity contribution in [3.63, 3.8) is 0 Å². The van der Waals surface area contributed by atoms with Crippen LogP contribution >= 0.6 is 0 Å². The molecule has 4 N–H and O–H groups in total. The number of imidazole rings is 1. The van der Waals surface area contributed by atoms with Crippen LogP contribution < -0.4 is 5.73 Å². The highest BCUT2D eigenvalue weighted by molar-refractivity contribution is 5.74. The Kier molecular flexibility index (Phi) is 7.17. The summed E-state index contributed by atoms with van der Waals surface area (Å²) in [5.74, 6) is 0.944. The summed E-state index contributed by atoms with van der Waals surface area (Å²) in [5.41, 5.74) is 13.9. The number of aromatic amines is 1. The van der Waals surface area contributed by atoms with E-state index in [1.165, 1.54) is 23.9 Å². The van der Waals surface area contributed by atoms with E-state index in [1.54, 1.807) is 0 Å². The number of benzene rings is 2. The number of H-pyrrole nitrogens is 1. The summed E-state index contributed by atoms with van der Waals surface area (Å²) in [6.07, 6.45) is 5.15. The molecule has 8 heteroatoms. The molecule has 0 radical (unpaired) electrons. The number of nitrogens with zero attached hydrogens (tertiary/aromatic N) is 4. The molecule has 0 fully saturated rings. The third kappa shape index (κ3) is 5.42. The molecule has 2 aromatic carbocycles. The first kappa shape index (κ1) is 23.6. The summed E-state index contributed by atoms with van der Waals surface area (Å²) in [7, 11) is 1.45. The normalized spacial score (nSPS) is 15.7. The zero-order valence-corrected chi connectivity index (χ0v) is 20.0. The van der Waals surface area contributed by atoms with E-state index in [-0.39, 0.29) is 12.6 Å². The Morgan fingerprint density at radius 1 is 1.11 bits per heavy atom. The molecule has 0 amide bonds. The van der Waals surface area contributed by atoms with Gasteiger partial charge in [0.2, 0.25) is 0 Å². The van der Waals surface area contributed by atoms with Crippen molar-refractivity contribution < 1.29 is 10.0 Å². The molecule has 0 spiro atoms. The van der Waals surface area contributed by atoms with Gasteiger partial charge in [0.25, 0.3) is 0 Å². The Bertz CT molecular complexity index is 1250. The smallest absolute Gasteiger partial charge is 0.121 e. The molecule has 1 aliphatic rings. The van der Waals surface area contributed by atoms with E-state index in [0.29, 0.717) is 13.1 Å². The molecule has 1 unspecified atom stereocenters. The highest BCUT2D eigenvalue weighted by atomic mass is 16.9. The molecule has 0 saturated carbocycles. The molecule has 8 nitrogen and oxygen atoms in total. The van der Waals surface area contributed by atoms with Gasteiger partial charge in [0.15, 0.2) is 0 Å². The molecule has 0 saturated heterocycles. The standard InChI is InChI=1S/C27H32N6O2/c1-32(34)35-18-19-11-12-21(22(14-19)15-28)16-33(17-26-30-23-8-2-3-9-24(23)31-26)25-10-4-6-20-7-5-13-29-27(20)25/h2-3,5,7-9,11-14,25,34H,4,6,10,15-18,28H2,1H3,(H,30,31). The Morgan fingerprint density at radius 3 is 2.83 bits per heavy atom. The highest BCUT2D eigenvalue weighted by Crippen LogP contribution is 2.35. The van der Waals surface area contributed by atoms with Crippen LogP contribution in [-0.4, -0.2) is 37.3 Å². The van der Waals surface area contributed by atoms with Gasteiger partial charge in [0.05, 0.1) is 35.9 Å². The first-order valence-corrected chi connectivity index (χ1v) is 12.1. The summed E-state index contributed by atoms with van der Waals surface area (Å²) < 4.78 is 0. The van der Waals surface area contributed by atoms with Gasteiger partial charge in [-0.3, -0.25) is 19.9 Å². The minimum atomic E-state index is 0.199. The van der Waals surface area contributed by atoms with Gasteiger partial charge in [-0.05, 0) is 59.7 Å². The van der Waals surface area contributed by atoms with Crippen molar-refractivity contribution in [2.24, 2.45) is 5.73 Å². The van der Waals surface area contributed by atoms with Gasteiger partial charge in [-0.15, -0.1) is 0 Å². The summed E-state index contributed by atoms with van der Waals surface area (Å²) >= 11 is 0. The van der Waals surface area contributed by atoms with Crippen LogP contribution in [-0.2, 0) is 37.5 Å². The Labute approximate surface area is 205 Å². The Balaban J connectivity index is 1.47. The molecule has 2 aromatic heterocycles. The molecule has 4 aromatic rings. The Hall–Kier alpha value is -3.14. The fourth-order valence-corrected chi connectivity index (χ4v) is 4.99. The van der Waals surface area contributed by atoms with Gasteiger partial charge in [0, 0.05) is 26.3 Å². The van der Waals surface area contributed by atoms with Gasteiger partial charge >= 0.3 is 0 Å². The molecule has 1 atom stereocenters. The summed E-state index contributed by atoms with van der Waals surface area (Å²) in [6, 6.07) is 18.8. The second-order valence-corrected chi connectivity index (χ2v) is 9.11. The quantitative estimate of drug-likeness (QED) is 0.313. The van der Waals surface area contributed by atoms with Crippen molar-refractivity contribution in [1.29, 1.82) is 0 Å². The number of hydrogen-bond acceptors (Lipinski definition) is 7. The van der Waals surface area contributed by atoms with Gasteiger partial charge < -0.3 is 10.7 Å². The average molecular weight is 473 g/mol. The van der Waals surface area contributed by atoms with Crippen molar-refractivity contribution in [1.82, 2.24) is 25.1 Å². The SMILES string of the molecule is CN(O)OCc1ccc(CN(Cc2nc3ccccc3[nH]2)C2CCCc3cccnc32)c(CN)c1. The lowest BCUT2D eigenvalue weighted by Crippen LogP contribution is -2.32. The zero-order chi connectivity index (χ0) is 24.2. The summed E-state index contributed by atoms with van der Waals surface area (Å²) in [6.45, 7) is 2.11. The van der Waals surface area contributed by atoms with Crippen LogP contribution in [0, 0.1) is 0 Å². The second kappa shape index (κ2) is 10.6. The van der Waals surface area contributed by atoms with Crippen LogP contribution in [0.25, 0.3) is 11.0 Å². The van der Waals surface area contributed by atoms with Crippen molar-refractivity contribution in [3.8, 4) is 0 Å². The fourth-order valence-electron chi connectivity index (χ4n) is 4.99. The monoisotopic (exact) mass is 472 g/mol. The number of hydroxylamine groups is 2. The molecular formula is C27H32N6O2. The minimum absolute atomic E-state index is 0.199. The van der Waals surface area contributed by atoms with E-state index in [1.807, 2.05) is 36.5 Å². The molecule has 2 heterocycles. The largest absolute Gasteiger partial charge is 0.341 e. The number of rotatable bonds is 9. The molecule has 0 bridgehead atoms. The first-order valence-electron chi connectivity index (χ1n) is 12.1. The molecule has 35 heavy (non-hydrogen) atoms. The zero-order valence-electron chi connectivity index (χ0n) is 20.0. The van der Waals surface area contributed by atoms with Gasteiger partial charge in [0.1, 0.15) is 5.82 Å². The lowest BCUT2D eigenvalue weighted by molar-refractivity contribution is -0.330. The molecule has 182 valence electrons. The molecular weight excluding hydrogens is 440 g/mol. The molecule has 1 aliphatic carbocycles. The number of pyridine rings is 1. The molecule has 5 rings (SSSR count). The molecule has 0 aliphatic heterocycles. The van der Waals surface area contributed by atoms with E-state index in [2.05, 4.69) is 34.1 Å². The van der Waals surface area contributed by atoms with E-state index in [9.17, 15) is 5.21 Å². The van der Waals surface area contributed by atoms with E-state index < -0.39 is 0 Å². The maximum Gasteiger partial charge on any atom is 0.121 e. The number of aryl methyl sites for hydroxylation is 1. The summed E-state index contributed by atoms with van der Waals surface area (Å²) in [4.78, 5) is 20.8. The van der Waals surface area contributed by atoms with Crippen LogP contribution in [0.5, 0.6) is 0 Å². The van der Waals surface area contributed by atoms with Crippen LogP contribution in [0.1, 0.15) is 52.7 Å². The number of hydrogen-bond donors (Lipinski definition) is 3. The minimum Gasteiger partial charge on any atom is -0.341 e. The maximum absolute atomic E-state index is 9.30. The third-order valence-corrected chi connectivity index (χ3v) is 6.68. The van der Waals surface area contributed by atoms with E-state index in [4.69, 9.17) is 20.5 Å². The average Bonchev–Trinajstić information content (AvgIpc) is 3.29. The van der Waals surface area contributed by atoms with Crippen LogP contribution in [0.2, 0.25) is 0 Å². The number of nitrogens with one attached hydrogen (secondary N) is 1. The van der Waals surface area contributed by atoms with Crippen molar-refractivity contribution in [3.05, 3.63) is 94.6 Å².